The van der Waals surface area contributed by atoms with Crippen LogP contribution in [0.25, 0.3) is 0 Å². The number of aliphatic hydroxyl groups excluding tert-OH is 1. The fraction of sp³-hybridized carbons (Fsp3) is 0.640. The second kappa shape index (κ2) is 40.9. The zero-order chi connectivity index (χ0) is 45.1. The number of likely N-dealkylation sites (N-methyl/N-ethyl adjacent to an activating group) is 1. The molecule has 3 atom stereocenters. The lowest BCUT2D eigenvalue weighted by molar-refractivity contribution is -0.870. The minimum atomic E-state index is -4.45. The number of nitrogens with zero attached hydrogens (tertiary/aromatic N) is 1. The number of ether oxygens (including phenoxy) is 2. The standard InChI is InChI=1S/C50H84NO9P/c1-6-8-10-12-14-16-18-20-21-22-23-24-25-27-29-31-33-35-37-41-49(53)57-45-48(46-59-61(55,56)58-44-43-51(3,4)5)60-50(54)42-38-40-47(52)39-36-34-32-30-28-26-19-17-15-13-11-9-7-2/h14,16,20-21,23-24,26-29,32-36,39,47-48,52H,6-13,15,17-19,22,25,30-31,37-38,40-46H2,1-5H3/p+1/b16-14-,21-20-,24-23-,28-26+,29-27-,34-32+,35-33-,39-36+/t47?,48-/m1/s1. The molecule has 0 saturated carbocycles. The van der Waals surface area contributed by atoms with Crippen LogP contribution in [0, 0.1) is 0 Å². The molecule has 11 heteroatoms. The monoisotopic (exact) mass is 875 g/mol. The lowest BCUT2D eigenvalue weighted by Gasteiger charge is -2.24. The summed E-state index contributed by atoms with van der Waals surface area (Å²) in [7, 11) is 1.31. The smallest absolute Gasteiger partial charge is 0.462 e. The van der Waals surface area contributed by atoms with Gasteiger partial charge in [0.15, 0.2) is 6.10 Å². The molecule has 0 fully saturated rings. The molecule has 348 valence electrons. The number of phosphoric acid groups is 1. The number of hydrogen-bond acceptors (Lipinski definition) is 8. The fourth-order valence-electron chi connectivity index (χ4n) is 5.53. The van der Waals surface area contributed by atoms with Crippen molar-refractivity contribution >= 4 is 19.8 Å². The third kappa shape index (κ3) is 44.7. The zero-order valence-electron chi connectivity index (χ0n) is 38.7. The highest BCUT2D eigenvalue weighted by Gasteiger charge is 2.27. The highest BCUT2D eigenvalue weighted by atomic mass is 31.2. The van der Waals surface area contributed by atoms with E-state index in [2.05, 4.69) is 74.6 Å². The molecule has 0 saturated heterocycles. The van der Waals surface area contributed by atoms with Crippen LogP contribution in [0.15, 0.2) is 97.2 Å². The van der Waals surface area contributed by atoms with E-state index < -0.39 is 38.6 Å². The Hall–Kier alpha value is -3.11. The van der Waals surface area contributed by atoms with Gasteiger partial charge in [0.05, 0.1) is 33.9 Å². The summed E-state index contributed by atoms with van der Waals surface area (Å²) in [4.78, 5) is 35.4. The molecule has 2 unspecified atom stereocenters. The van der Waals surface area contributed by atoms with Crippen LogP contribution in [0.3, 0.4) is 0 Å². The van der Waals surface area contributed by atoms with Crippen LogP contribution in [0.4, 0.5) is 0 Å². The minimum absolute atomic E-state index is 0.00436. The van der Waals surface area contributed by atoms with Gasteiger partial charge in [-0.1, -0.05) is 156 Å². The summed E-state index contributed by atoms with van der Waals surface area (Å²) >= 11 is 0. The third-order valence-corrected chi connectivity index (χ3v) is 10.2. The molecule has 0 amide bonds. The lowest BCUT2D eigenvalue weighted by Crippen LogP contribution is -2.37. The maximum Gasteiger partial charge on any atom is 0.472 e. The zero-order valence-corrected chi connectivity index (χ0v) is 39.6. The van der Waals surface area contributed by atoms with E-state index >= 15 is 0 Å². The minimum Gasteiger partial charge on any atom is -0.462 e. The molecule has 0 aromatic rings. The highest BCUT2D eigenvalue weighted by Crippen LogP contribution is 2.43. The Morgan fingerprint density at radius 3 is 1.69 bits per heavy atom. The van der Waals surface area contributed by atoms with Crippen molar-refractivity contribution in [1.82, 2.24) is 0 Å². The van der Waals surface area contributed by atoms with Crippen molar-refractivity contribution < 1.29 is 47.2 Å². The van der Waals surface area contributed by atoms with Gasteiger partial charge in [0.25, 0.3) is 0 Å². The molecule has 0 radical (unpaired) electrons. The molecule has 0 aliphatic rings. The average molecular weight is 875 g/mol. The summed E-state index contributed by atoms with van der Waals surface area (Å²) in [5.41, 5.74) is 0. The number of esters is 2. The predicted molar refractivity (Wildman–Crippen MR) is 253 cm³/mol. The Morgan fingerprint density at radius 1 is 0.590 bits per heavy atom. The number of carbonyl (C=O) groups excluding carboxylic acids is 2. The fourth-order valence-corrected chi connectivity index (χ4v) is 6.27. The molecule has 61 heavy (non-hydrogen) atoms. The van der Waals surface area contributed by atoms with Gasteiger partial charge in [-0.05, 0) is 77.0 Å². The number of unbranched alkanes of at least 4 members (excludes halogenated alkanes) is 9. The van der Waals surface area contributed by atoms with Crippen molar-refractivity contribution in [2.24, 2.45) is 0 Å². The number of rotatable bonds is 40. The van der Waals surface area contributed by atoms with Crippen LogP contribution < -0.4 is 0 Å². The summed E-state index contributed by atoms with van der Waals surface area (Å²) < 4.78 is 34.1. The van der Waals surface area contributed by atoms with Crippen LogP contribution in [0.2, 0.25) is 0 Å². The van der Waals surface area contributed by atoms with E-state index in [-0.39, 0.29) is 26.1 Å². The maximum absolute atomic E-state index is 12.7. The highest BCUT2D eigenvalue weighted by molar-refractivity contribution is 7.47. The first kappa shape index (κ1) is 57.9. The van der Waals surface area contributed by atoms with Gasteiger partial charge in [-0.15, -0.1) is 0 Å². The first-order valence-electron chi connectivity index (χ1n) is 23.1. The Morgan fingerprint density at radius 2 is 1.10 bits per heavy atom. The molecule has 10 nitrogen and oxygen atoms in total. The van der Waals surface area contributed by atoms with Crippen molar-refractivity contribution in [3.8, 4) is 0 Å². The summed E-state index contributed by atoms with van der Waals surface area (Å²) in [6.45, 7) is 4.06. The van der Waals surface area contributed by atoms with E-state index in [0.29, 0.717) is 30.3 Å². The molecule has 0 heterocycles. The Labute approximate surface area is 371 Å². The molecular weight excluding hydrogens is 790 g/mol. The molecular formula is C50H85NO9P+. The molecule has 0 spiro atoms. The molecule has 0 aromatic carbocycles. The average Bonchev–Trinajstić information content (AvgIpc) is 3.21. The van der Waals surface area contributed by atoms with Crippen LogP contribution >= 0.6 is 7.82 Å². The predicted octanol–water partition coefficient (Wildman–Crippen LogP) is 12.3. The second-order valence-electron chi connectivity index (χ2n) is 16.3. The molecule has 0 bridgehead atoms. The molecule has 0 aliphatic carbocycles. The van der Waals surface area contributed by atoms with E-state index in [4.69, 9.17) is 18.5 Å². The van der Waals surface area contributed by atoms with Gasteiger partial charge in [0.2, 0.25) is 0 Å². The van der Waals surface area contributed by atoms with Crippen molar-refractivity contribution in [1.29, 1.82) is 0 Å². The van der Waals surface area contributed by atoms with Gasteiger partial charge >= 0.3 is 19.8 Å². The van der Waals surface area contributed by atoms with Crippen molar-refractivity contribution in [2.45, 2.75) is 161 Å². The van der Waals surface area contributed by atoms with E-state index in [1.165, 1.54) is 64.2 Å². The van der Waals surface area contributed by atoms with Gasteiger partial charge in [0.1, 0.15) is 19.8 Å². The summed E-state index contributed by atoms with van der Waals surface area (Å²) in [5.74, 6) is -1.10. The Kier molecular flexibility index (Phi) is 38.8. The quantitative estimate of drug-likeness (QED) is 0.0154. The number of allylic oxidation sites excluding steroid dienone is 15. The second-order valence-corrected chi connectivity index (χ2v) is 17.7. The molecule has 0 rings (SSSR count). The van der Waals surface area contributed by atoms with Gasteiger partial charge < -0.3 is 24.0 Å². The van der Waals surface area contributed by atoms with Crippen molar-refractivity contribution in [3.05, 3.63) is 97.2 Å². The van der Waals surface area contributed by atoms with Crippen LogP contribution in [0.1, 0.15) is 149 Å². The third-order valence-electron chi connectivity index (χ3n) is 9.20. The number of quaternary nitrogens is 1. The molecule has 0 aromatic heterocycles. The van der Waals surface area contributed by atoms with Gasteiger partial charge in [-0.3, -0.25) is 18.6 Å². The van der Waals surface area contributed by atoms with Crippen molar-refractivity contribution in [3.63, 3.8) is 0 Å². The number of hydrogen-bond donors (Lipinski definition) is 2. The topological polar surface area (TPSA) is 129 Å². The summed E-state index contributed by atoms with van der Waals surface area (Å²) in [6, 6.07) is 0. The largest absolute Gasteiger partial charge is 0.472 e. The molecule has 0 aliphatic heterocycles. The number of aliphatic hydroxyl groups is 1. The van der Waals surface area contributed by atoms with Gasteiger partial charge in [-0.25, -0.2) is 4.57 Å². The van der Waals surface area contributed by atoms with Crippen LogP contribution in [-0.4, -0.2) is 86.1 Å². The van der Waals surface area contributed by atoms with E-state index in [0.717, 1.165) is 38.5 Å². The normalized spacial score (nSPS) is 14.9. The molecule has 2 N–H and O–H groups in total. The SMILES string of the molecule is CCCCC/C=C\C/C=C\C/C=C\C/C=C\C/C=C\CCC(=O)OC[C@H](COP(=O)(O)OCC[N+](C)(C)C)OC(=O)CCCC(O)/C=C/C=C/C/C=C/CCCCCCCC. The Bertz CT molecular complexity index is 1370. The van der Waals surface area contributed by atoms with Crippen molar-refractivity contribution in [2.75, 3.05) is 47.5 Å². The summed E-state index contributed by atoms with van der Waals surface area (Å²) in [5, 5.41) is 10.3. The van der Waals surface area contributed by atoms with Crippen LogP contribution in [-0.2, 0) is 32.7 Å². The van der Waals surface area contributed by atoms with Gasteiger partial charge in [-0.2, -0.15) is 0 Å². The van der Waals surface area contributed by atoms with E-state index in [1.54, 1.807) is 12.2 Å². The van der Waals surface area contributed by atoms with E-state index in [9.17, 15) is 24.2 Å². The first-order valence-corrected chi connectivity index (χ1v) is 24.6. The van der Waals surface area contributed by atoms with E-state index in [1.807, 2.05) is 45.4 Å². The number of carbonyl (C=O) groups is 2. The summed E-state index contributed by atoms with van der Waals surface area (Å²) in [6.07, 6.45) is 50.8. The van der Waals surface area contributed by atoms with Crippen LogP contribution in [0.5, 0.6) is 0 Å². The first-order chi connectivity index (χ1) is 29.4. The Balaban J connectivity index is 4.65. The van der Waals surface area contributed by atoms with Gasteiger partial charge in [0, 0.05) is 12.8 Å². The lowest BCUT2D eigenvalue weighted by atomic mass is 10.1. The number of phosphoric ester groups is 1. The maximum atomic E-state index is 12.7.